The van der Waals surface area contributed by atoms with Gasteiger partial charge in [0.15, 0.2) is 0 Å². The second kappa shape index (κ2) is 49.7. The number of hydrogen-bond acceptors (Lipinski definition) is 6. The number of amides is 1. The normalized spacial score (nSPS) is 13.8. The van der Waals surface area contributed by atoms with Gasteiger partial charge >= 0.3 is 7.82 Å². The maximum absolute atomic E-state index is 12.8. The molecule has 0 saturated heterocycles. The highest BCUT2D eigenvalue weighted by molar-refractivity contribution is 7.47. The molecule has 3 atom stereocenters. The van der Waals surface area contributed by atoms with Crippen molar-refractivity contribution in [3.05, 3.63) is 12.2 Å². The van der Waals surface area contributed by atoms with E-state index in [1.54, 1.807) is 6.08 Å². The van der Waals surface area contributed by atoms with Gasteiger partial charge in [-0.2, -0.15) is 0 Å². The first-order chi connectivity index (χ1) is 30.4. The number of carbonyl (C=O) groups excluding carboxylic acids is 1. The summed E-state index contributed by atoms with van der Waals surface area (Å²) in [6, 6.07) is -0.855. The number of phosphoric acid groups is 1. The number of allylic oxidation sites excluding steroid dienone is 1. The van der Waals surface area contributed by atoms with E-state index in [0.29, 0.717) is 6.42 Å². The Hall–Kier alpha value is -0.760. The highest BCUT2D eigenvalue weighted by Gasteiger charge is 2.27. The molecule has 0 aromatic carbocycles. The van der Waals surface area contributed by atoms with Crippen molar-refractivity contribution in [3.63, 3.8) is 0 Å². The van der Waals surface area contributed by atoms with Crippen LogP contribution in [0.2, 0.25) is 0 Å². The standard InChI is InChI=1S/C53H107N2O6P/c1-3-5-7-9-11-13-15-16-17-18-19-20-21-22-23-24-25-26-27-28-29-30-31-32-33-34-35-37-39-41-43-45-47-53(57)55-51(50-61-62(58,59)60-49-48-54)52(56)46-44-42-40-38-36-14-12-10-8-6-4-2/h44,46,51-52,56H,3-43,45,47-50,54H2,1-2H3,(H,55,57)(H,58,59)/b46-44+/t51-,52+/m0/s1. The number of nitrogens with one attached hydrogen (secondary N) is 1. The number of phosphoric ester groups is 1. The minimum atomic E-state index is -4.33. The van der Waals surface area contributed by atoms with E-state index in [4.69, 9.17) is 14.8 Å². The molecule has 8 nitrogen and oxygen atoms in total. The quantitative estimate of drug-likeness (QED) is 0.0272. The Labute approximate surface area is 385 Å². The van der Waals surface area contributed by atoms with Crippen LogP contribution in [-0.4, -0.2) is 47.8 Å². The molecular weight excluding hydrogens is 792 g/mol. The zero-order chi connectivity index (χ0) is 45.3. The van der Waals surface area contributed by atoms with Crippen LogP contribution in [0.3, 0.4) is 0 Å². The molecule has 0 spiro atoms. The fourth-order valence-electron chi connectivity index (χ4n) is 8.49. The molecule has 0 aliphatic heterocycles. The lowest BCUT2D eigenvalue weighted by molar-refractivity contribution is -0.123. The van der Waals surface area contributed by atoms with Crippen molar-refractivity contribution >= 4 is 13.7 Å². The minimum absolute atomic E-state index is 0.0814. The molecule has 0 bridgehead atoms. The Morgan fingerprint density at radius 1 is 0.516 bits per heavy atom. The average Bonchev–Trinajstić information content (AvgIpc) is 3.26. The molecule has 62 heavy (non-hydrogen) atoms. The molecule has 370 valence electrons. The van der Waals surface area contributed by atoms with Gasteiger partial charge in [0.1, 0.15) is 0 Å². The first-order valence-corrected chi connectivity index (χ1v) is 28.8. The summed E-state index contributed by atoms with van der Waals surface area (Å²) in [6.45, 7) is 4.16. The molecule has 0 heterocycles. The summed E-state index contributed by atoms with van der Waals surface area (Å²) in [4.78, 5) is 22.8. The first-order valence-electron chi connectivity index (χ1n) is 27.3. The number of nitrogens with two attached hydrogens (primary N) is 1. The summed E-state index contributed by atoms with van der Waals surface area (Å²) >= 11 is 0. The van der Waals surface area contributed by atoms with Crippen LogP contribution >= 0.6 is 7.82 Å². The molecule has 0 aliphatic carbocycles. The summed E-state index contributed by atoms with van der Waals surface area (Å²) in [5.74, 6) is -0.189. The van der Waals surface area contributed by atoms with Crippen LogP contribution in [-0.2, 0) is 18.4 Å². The zero-order valence-electron chi connectivity index (χ0n) is 41.4. The minimum Gasteiger partial charge on any atom is -0.387 e. The number of rotatable bonds is 52. The number of aliphatic hydroxyl groups is 1. The number of hydrogen-bond donors (Lipinski definition) is 4. The molecule has 1 amide bonds. The van der Waals surface area contributed by atoms with E-state index >= 15 is 0 Å². The lowest BCUT2D eigenvalue weighted by atomic mass is 10.0. The largest absolute Gasteiger partial charge is 0.472 e. The second-order valence-electron chi connectivity index (χ2n) is 18.8. The van der Waals surface area contributed by atoms with Gasteiger partial charge in [0.25, 0.3) is 0 Å². The molecule has 0 aromatic rings. The van der Waals surface area contributed by atoms with Gasteiger partial charge in [-0.1, -0.05) is 276 Å². The third kappa shape index (κ3) is 47.2. The van der Waals surface area contributed by atoms with Crippen LogP contribution in [0.5, 0.6) is 0 Å². The predicted molar refractivity (Wildman–Crippen MR) is 268 cm³/mol. The molecule has 0 aliphatic rings. The van der Waals surface area contributed by atoms with E-state index in [9.17, 15) is 19.4 Å². The van der Waals surface area contributed by atoms with E-state index in [1.165, 1.54) is 231 Å². The van der Waals surface area contributed by atoms with Gasteiger partial charge in [0.2, 0.25) is 5.91 Å². The van der Waals surface area contributed by atoms with Crippen molar-refractivity contribution in [2.24, 2.45) is 5.73 Å². The van der Waals surface area contributed by atoms with Crippen molar-refractivity contribution in [3.8, 4) is 0 Å². The van der Waals surface area contributed by atoms with Crippen LogP contribution in [0.4, 0.5) is 0 Å². The Balaban J connectivity index is 3.78. The van der Waals surface area contributed by atoms with E-state index < -0.39 is 20.0 Å². The summed E-state index contributed by atoms with van der Waals surface area (Å²) in [5, 5.41) is 13.7. The van der Waals surface area contributed by atoms with Crippen LogP contribution in [0, 0.1) is 0 Å². The van der Waals surface area contributed by atoms with E-state index in [2.05, 4.69) is 19.2 Å². The molecular formula is C53H107N2O6P. The SMILES string of the molecule is CCCCCCCCCCC/C=C/[C@@H](O)[C@H](COP(=O)(O)OCCN)NC(=O)CCCCCCCCCCCCCCCCCCCCCCCCCCCCCCCCCC. The highest BCUT2D eigenvalue weighted by atomic mass is 31.2. The van der Waals surface area contributed by atoms with Gasteiger partial charge < -0.3 is 21.1 Å². The summed E-state index contributed by atoms with van der Waals surface area (Å²) < 4.78 is 22.2. The maximum atomic E-state index is 12.8. The molecule has 0 rings (SSSR count). The lowest BCUT2D eigenvalue weighted by Crippen LogP contribution is -2.45. The molecule has 0 radical (unpaired) electrons. The molecule has 0 saturated carbocycles. The highest BCUT2D eigenvalue weighted by Crippen LogP contribution is 2.43. The maximum Gasteiger partial charge on any atom is 0.472 e. The second-order valence-corrected chi connectivity index (χ2v) is 20.3. The fourth-order valence-corrected chi connectivity index (χ4v) is 9.25. The smallest absolute Gasteiger partial charge is 0.387 e. The summed E-state index contributed by atoms with van der Waals surface area (Å²) in [7, 11) is -4.33. The van der Waals surface area contributed by atoms with Gasteiger partial charge in [-0.15, -0.1) is 0 Å². The Morgan fingerprint density at radius 3 is 1.15 bits per heavy atom. The zero-order valence-corrected chi connectivity index (χ0v) is 42.3. The number of aliphatic hydroxyl groups excluding tert-OH is 1. The van der Waals surface area contributed by atoms with Crippen molar-refractivity contribution in [1.29, 1.82) is 0 Å². The average molecular weight is 899 g/mol. The lowest BCUT2D eigenvalue weighted by Gasteiger charge is -2.23. The molecule has 1 unspecified atom stereocenters. The van der Waals surface area contributed by atoms with E-state index in [0.717, 1.165) is 38.5 Å². The van der Waals surface area contributed by atoms with Crippen molar-refractivity contribution in [1.82, 2.24) is 5.32 Å². The van der Waals surface area contributed by atoms with Gasteiger partial charge in [-0.05, 0) is 19.3 Å². The molecule has 5 N–H and O–H groups in total. The van der Waals surface area contributed by atoms with Gasteiger partial charge in [-0.25, -0.2) is 4.57 Å². The Morgan fingerprint density at radius 2 is 0.823 bits per heavy atom. The van der Waals surface area contributed by atoms with Crippen molar-refractivity contribution in [2.45, 2.75) is 302 Å². The van der Waals surface area contributed by atoms with Crippen LogP contribution in [0.25, 0.3) is 0 Å². The van der Waals surface area contributed by atoms with Crippen LogP contribution < -0.4 is 11.1 Å². The number of carbonyl (C=O) groups is 1. The van der Waals surface area contributed by atoms with Crippen molar-refractivity contribution in [2.75, 3.05) is 19.8 Å². The Bertz CT molecular complexity index is 984. The van der Waals surface area contributed by atoms with E-state index in [1.807, 2.05) is 6.08 Å². The summed E-state index contributed by atoms with van der Waals surface area (Å²) in [5.41, 5.74) is 5.38. The van der Waals surface area contributed by atoms with Gasteiger partial charge in [-0.3, -0.25) is 13.8 Å². The fraction of sp³-hybridized carbons (Fsp3) is 0.943. The van der Waals surface area contributed by atoms with Crippen LogP contribution in [0.15, 0.2) is 12.2 Å². The topological polar surface area (TPSA) is 131 Å². The third-order valence-corrected chi connectivity index (χ3v) is 13.6. The molecule has 0 fully saturated rings. The first kappa shape index (κ1) is 61.2. The molecule has 0 aromatic heterocycles. The molecule has 9 heteroatoms. The van der Waals surface area contributed by atoms with Crippen molar-refractivity contribution < 1.29 is 28.4 Å². The summed E-state index contributed by atoms with van der Waals surface area (Å²) in [6.07, 6.45) is 58.9. The van der Waals surface area contributed by atoms with Gasteiger partial charge in [0.05, 0.1) is 25.4 Å². The van der Waals surface area contributed by atoms with E-state index in [-0.39, 0.29) is 25.7 Å². The monoisotopic (exact) mass is 899 g/mol. The van der Waals surface area contributed by atoms with Crippen LogP contribution in [0.1, 0.15) is 290 Å². The Kier molecular flexibility index (Phi) is 49.1. The number of unbranched alkanes of at least 4 members (excludes halogenated alkanes) is 40. The predicted octanol–water partition coefficient (Wildman–Crippen LogP) is 16.3. The third-order valence-electron chi connectivity index (χ3n) is 12.6. The van der Waals surface area contributed by atoms with Gasteiger partial charge in [0, 0.05) is 13.0 Å².